The van der Waals surface area contributed by atoms with E-state index in [1.807, 2.05) is 19.1 Å². The molecule has 1 aliphatic carbocycles. The van der Waals surface area contributed by atoms with E-state index in [9.17, 15) is 4.79 Å². The third kappa shape index (κ3) is 2.20. The summed E-state index contributed by atoms with van der Waals surface area (Å²) < 4.78 is 0. The van der Waals surface area contributed by atoms with E-state index in [-0.39, 0.29) is 11.8 Å². The van der Waals surface area contributed by atoms with Crippen LogP contribution in [0.4, 0.5) is 0 Å². The van der Waals surface area contributed by atoms with Gasteiger partial charge in [-0.15, -0.1) is 0 Å². The Balaban J connectivity index is 1.95. The molecule has 19 heavy (non-hydrogen) atoms. The molecule has 0 aromatic heterocycles. The number of nitrogens with two attached hydrogens (primary N) is 1. The number of hydrogen-bond acceptors (Lipinski definition) is 2. The summed E-state index contributed by atoms with van der Waals surface area (Å²) in [5.74, 6) is 0.133. The summed E-state index contributed by atoms with van der Waals surface area (Å²) in [7, 11) is 0. The second kappa shape index (κ2) is 4.63. The summed E-state index contributed by atoms with van der Waals surface area (Å²) in [6, 6.07) is 14.3. The predicted molar refractivity (Wildman–Crippen MR) is 77.3 cm³/mol. The van der Waals surface area contributed by atoms with Gasteiger partial charge in [-0.2, -0.15) is 0 Å². The van der Waals surface area contributed by atoms with Gasteiger partial charge in [0.15, 0.2) is 5.78 Å². The maximum atomic E-state index is 12.0. The summed E-state index contributed by atoms with van der Waals surface area (Å²) in [4.78, 5) is 12.0. The predicted octanol–water partition coefficient (Wildman–Crippen LogP) is 3.18. The lowest BCUT2D eigenvalue weighted by Crippen LogP contribution is -2.19. The van der Waals surface area contributed by atoms with Gasteiger partial charge in [0.05, 0.1) is 0 Å². The summed E-state index contributed by atoms with van der Waals surface area (Å²) in [5.41, 5.74) is 11.6. The van der Waals surface area contributed by atoms with Crippen LogP contribution in [0, 0.1) is 0 Å². The van der Waals surface area contributed by atoms with Crippen LogP contribution in [-0.2, 0) is 6.42 Å². The van der Waals surface area contributed by atoms with Crippen LogP contribution >= 0.6 is 0 Å². The highest BCUT2D eigenvalue weighted by molar-refractivity contribution is 5.97. The number of benzene rings is 2. The highest BCUT2D eigenvalue weighted by Crippen LogP contribution is 2.36. The van der Waals surface area contributed by atoms with Crippen molar-refractivity contribution in [2.75, 3.05) is 0 Å². The number of carbonyl (C=O) groups excluding carboxylic acids is 1. The molecule has 0 saturated heterocycles. The smallest absolute Gasteiger partial charge is 0.164 e. The molecule has 0 heterocycles. The SMILES string of the molecule is CC(N)CC(=O)c1ccc2c(c1)Cc1ccccc1-2. The highest BCUT2D eigenvalue weighted by atomic mass is 16.1. The molecule has 1 unspecified atom stereocenters. The van der Waals surface area contributed by atoms with Crippen molar-refractivity contribution in [1.82, 2.24) is 0 Å². The van der Waals surface area contributed by atoms with Gasteiger partial charge in [0.1, 0.15) is 0 Å². The molecule has 0 bridgehead atoms. The summed E-state index contributed by atoms with van der Waals surface area (Å²) in [6.45, 7) is 1.86. The van der Waals surface area contributed by atoms with Crippen LogP contribution in [-0.4, -0.2) is 11.8 Å². The van der Waals surface area contributed by atoms with Gasteiger partial charge >= 0.3 is 0 Å². The minimum absolute atomic E-state index is 0.0852. The standard InChI is InChI=1S/C17H17NO/c1-11(18)8-17(19)13-6-7-16-14(10-13)9-12-4-2-3-5-15(12)16/h2-7,10-11H,8-9,18H2,1H3. The van der Waals surface area contributed by atoms with Crippen molar-refractivity contribution in [1.29, 1.82) is 0 Å². The first kappa shape index (κ1) is 12.1. The van der Waals surface area contributed by atoms with Crippen molar-refractivity contribution in [3.05, 3.63) is 59.2 Å². The fourth-order valence-corrected chi connectivity index (χ4v) is 2.73. The molecule has 2 N–H and O–H groups in total. The minimum atomic E-state index is -0.0852. The molecule has 3 rings (SSSR count). The zero-order chi connectivity index (χ0) is 13.4. The Morgan fingerprint density at radius 2 is 1.89 bits per heavy atom. The first-order chi connectivity index (χ1) is 9.15. The van der Waals surface area contributed by atoms with Crippen LogP contribution in [0.5, 0.6) is 0 Å². The number of ketones is 1. The second-order valence-electron chi connectivity index (χ2n) is 5.31. The largest absolute Gasteiger partial charge is 0.328 e. The van der Waals surface area contributed by atoms with Gasteiger partial charge in [-0.05, 0) is 41.7 Å². The van der Waals surface area contributed by atoms with Crippen LogP contribution in [0.2, 0.25) is 0 Å². The first-order valence-corrected chi connectivity index (χ1v) is 6.65. The van der Waals surface area contributed by atoms with Crippen molar-refractivity contribution in [2.24, 2.45) is 5.73 Å². The monoisotopic (exact) mass is 251 g/mol. The maximum Gasteiger partial charge on any atom is 0.164 e. The van der Waals surface area contributed by atoms with Crippen molar-refractivity contribution >= 4 is 5.78 Å². The van der Waals surface area contributed by atoms with E-state index in [4.69, 9.17) is 5.73 Å². The van der Waals surface area contributed by atoms with Crippen LogP contribution < -0.4 is 5.73 Å². The Morgan fingerprint density at radius 3 is 2.68 bits per heavy atom. The van der Waals surface area contributed by atoms with E-state index in [1.54, 1.807) is 0 Å². The van der Waals surface area contributed by atoms with Gasteiger partial charge < -0.3 is 5.73 Å². The summed E-state index contributed by atoms with van der Waals surface area (Å²) in [5, 5.41) is 0. The van der Waals surface area contributed by atoms with Gasteiger partial charge in [0, 0.05) is 18.0 Å². The lowest BCUT2D eigenvalue weighted by atomic mass is 9.99. The van der Waals surface area contributed by atoms with Crippen molar-refractivity contribution < 1.29 is 4.79 Å². The molecule has 1 aliphatic rings. The molecule has 2 nitrogen and oxygen atoms in total. The molecule has 0 saturated carbocycles. The van der Waals surface area contributed by atoms with E-state index in [2.05, 4.69) is 30.3 Å². The maximum absolute atomic E-state index is 12.0. The Labute approximate surface area is 113 Å². The van der Waals surface area contributed by atoms with E-state index in [1.165, 1.54) is 22.3 Å². The average molecular weight is 251 g/mol. The quantitative estimate of drug-likeness (QED) is 0.726. The fraction of sp³-hybridized carbons (Fsp3) is 0.235. The number of Topliss-reactive ketones (excluding diaryl/α,β-unsaturated/α-hetero) is 1. The van der Waals surface area contributed by atoms with Gasteiger partial charge in [-0.1, -0.05) is 36.4 Å². The topological polar surface area (TPSA) is 43.1 Å². The zero-order valence-corrected chi connectivity index (χ0v) is 11.0. The van der Waals surface area contributed by atoms with Crippen LogP contribution in [0.15, 0.2) is 42.5 Å². The third-order valence-electron chi connectivity index (χ3n) is 3.62. The molecule has 0 amide bonds. The molecule has 0 aliphatic heterocycles. The average Bonchev–Trinajstić information content (AvgIpc) is 2.75. The number of fused-ring (bicyclic) bond motifs is 3. The summed E-state index contributed by atoms with van der Waals surface area (Å²) >= 11 is 0. The first-order valence-electron chi connectivity index (χ1n) is 6.65. The van der Waals surface area contributed by atoms with Crippen molar-refractivity contribution in [3.8, 4) is 11.1 Å². The Hall–Kier alpha value is -1.93. The van der Waals surface area contributed by atoms with Crippen molar-refractivity contribution in [3.63, 3.8) is 0 Å². The third-order valence-corrected chi connectivity index (χ3v) is 3.62. The Morgan fingerprint density at radius 1 is 1.16 bits per heavy atom. The Bertz CT molecular complexity index is 643. The highest BCUT2D eigenvalue weighted by Gasteiger charge is 2.19. The van der Waals surface area contributed by atoms with Crippen LogP contribution in [0.25, 0.3) is 11.1 Å². The molecule has 2 aromatic carbocycles. The fourth-order valence-electron chi connectivity index (χ4n) is 2.73. The minimum Gasteiger partial charge on any atom is -0.328 e. The van der Waals surface area contributed by atoms with Gasteiger partial charge in [0.25, 0.3) is 0 Å². The number of rotatable bonds is 3. The number of carbonyl (C=O) groups is 1. The van der Waals surface area contributed by atoms with E-state index in [0.717, 1.165) is 12.0 Å². The molecule has 2 heteroatoms. The van der Waals surface area contributed by atoms with Crippen LogP contribution in [0.3, 0.4) is 0 Å². The Kier molecular flexibility index (Phi) is 2.96. The number of hydrogen-bond donors (Lipinski definition) is 1. The normalized spacial score (nSPS) is 13.8. The molecule has 2 aromatic rings. The molecule has 0 radical (unpaired) electrons. The molecule has 1 atom stereocenters. The molecular weight excluding hydrogens is 234 g/mol. The van der Waals surface area contributed by atoms with E-state index >= 15 is 0 Å². The van der Waals surface area contributed by atoms with Crippen LogP contribution in [0.1, 0.15) is 34.8 Å². The van der Waals surface area contributed by atoms with E-state index < -0.39 is 0 Å². The molecule has 96 valence electrons. The van der Waals surface area contributed by atoms with E-state index in [0.29, 0.717) is 6.42 Å². The molecule has 0 spiro atoms. The van der Waals surface area contributed by atoms with Gasteiger partial charge in [-0.3, -0.25) is 4.79 Å². The zero-order valence-electron chi connectivity index (χ0n) is 11.0. The summed E-state index contributed by atoms with van der Waals surface area (Å²) in [6.07, 6.45) is 1.33. The van der Waals surface area contributed by atoms with Crippen molar-refractivity contribution in [2.45, 2.75) is 25.8 Å². The second-order valence-corrected chi connectivity index (χ2v) is 5.31. The molecular formula is C17H17NO. The lowest BCUT2D eigenvalue weighted by Gasteiger charge is -2.06. The molecule has 0 fully saturated rings. The lowest BCUT2D eigenvalue weighted by molar-refractivity contribution is 0.0976. The van der Waals surface area contributed by atoms with Gasteiger partial charge in [0.2, 0.25) is 0 Å². The van der Waals surface area contributed by atoms with Gasteiger partial charge in [-0.25, -0.2) is 0 Å².